The predicted molar refractivity (Wildman–Crippen MR) is 165 cm³/mol. The fraction of sp³-hybridized carbons (Fsp3) is 0.290. The molecule has 1 fully saturated rings. The number of aromatic amines is 1. The van der Waals surface area contributed by atoms with Gasteiger partial charge in [-0.3, -0.25) is 9.59 Å². The lowest BCUT2D eigenvalue weighted by atomic mass is 9.89. The van der Waals surface area contributed by atoms with E-state index in [-0.39, 0.29) is 36.7 Å². The van der Waals surface area contributed by atoms with Gasteiger partial charge >= 0.3 is 0 Å². The average molecular weight is 590 g/mol. The van der Waals surface area contributed by atoms with Crippen LogP contribution in [-0.4, -0.2) is 70.6 Å². The van der Waals surface area contributed by atoms with Gasteiger partial charge in [-0.25, -0.2) is 14.4 Å². The molecule has 1 aliphatic carbocycles. The van der Waals surface area contributed by atoms with Crippen molar-refractivity contribution in [3.63, 3.8) is 0 Å². The number of amides is 2. The van der Waals surface area contributed by atoms with Gasteiger partial charge in [0.05, 0.1) is 16.9 Å². The Morgan fingerprint density at radius 2 is 1.86 bits per heavy atom. The number of halogens is 2. The van der Waals surface area contributed by atoms with Crippen LogP contribution in [0.5, 0.6) is 0 Å². The predicted octanol–water partition coefficient (Wildman–Crippen LogP) is 5.44. The number of hydrogen-bond donors (Lipinski definition) is 4. The monoisotopic (exact) mass is 589 g/mol. The maximum Gasteiger partial charge on any atom is 0.251 e. The third-order valence-corrected chi connectivity index (χ3v) is 7.34. The van der Waals surface area contributed by atoms with Crippen LogP contribution in [0.15, 0.2) is 73.1 Å². The van der Waals surface area contributed by atoms with E-state index in [1.54, 1.807) is 30.3 Å². The summed E-state index contributed by atoms with van der Waals surface area (Å²) in [6.07, 6.45) is 6.54. The first-order valence-corrected chi connectivity index (χ1v) is 14.2. The average Bonchev–Trinajstić information content (AvgIpc) is 3.38. The molecule has 0 bridgehead atoms. The number of para-hydroxylation sites is 1. The van der Waals surface area contributed by atoms with Crippen LogP contribution in [0.2, 0.25) is 5.02 Å². The topological polar surface area (TPSA) is 115 Å². The molecule has 2 aromatic heterocycles. The lowest BCUT2D eigenvalue weighted by Crippen LogP contribution is -2.45. The van der Waals surface area contributed by atoms with E-state index >= 15 is 0 Å². The van der Waals surface area contributed by atoms with Gasteiger partial charge in [0.15, 0.2) is 0 Å². The number of nitrogens with zero attached hydrogens (tertiary/aromatic N) is 3. The van der Waals surface area contributed by atoms with Crippen molar-refractivity contribution in [1.29, 1.82) is 0 Å². The summed E-state index contributed by atoms with van der Waals surface area (Å²) >= 11 is 6.46. The second-order valence-electron chi connectivity index (χ2n) is 10.7. The lowest BCUT2D eigenvalue weighted by Gasteiger charge is -2.32. The van der Waals surface area contributed by atoms with E-state index in [2.05, 4.69) is 30.9 Å². The number of fused-ring (bicyclic) bond motifs is 1. The molecule has 11 heteroatoms. The summed E-state index contributed by atoms with van der Waals surface area (Å²) in [6, 6.07) is 13.8. The number of rotatable bonds is 9. The molecule has 2 aromatic carbocycles. The maximum absolute atomic E-state index is 14.8. The largest absolute Gasteiger partial charge is 0.360 e. The van der Waals surface area contributed by atoms with Crippen LogP contribution in [-0.2, 0) is 4.79 Å². The minimum atomic E-state index is -1.10. The molecule has 0 saturated heterocycles. The third-order valence-electron chi connectivity index (χ3n) is 7.06. The van der Waals surface area contributed by atoms with Gasteiger partial charge in [0.2, 0.25) is 11.9 Å². The molecule has 0 spiro atoms. The number of likely N-dealkylation sites (N-methyl/N-ethyl adjacent to an activating group) is 1. The first kappa shape index (κ1) is 29.2. The number of aromatic nitrogens is 3. The van der Waals surface area contributed by atoms with E-state index in [1.807, 2.05) is 49.5 Å². The Labute approximate surface area is 248 Å². The molecule has 3 atom stereocenters. The molecule has 1 aliphatic rings. The molecule has 2 heterocycles. The molecule has 218 valence electrons. The second-order valence-corrected chi connectivity index (χ2v) is 11.1. The Bertz CT molecular complexity index is 1590. The molecule has 2 amide bonds. The van der Waals surface area contributed by atoms with Crippen LogP contribution in [0.1, 0.15) is 29.6 Å². The van der Waals surface area contributed by atoms with Crippen LogP contribution >= 0.6 is 11.6 Å². The van der Waals surface area contributed by atoms with Gasteiger partial charge in [-0.05, 0) is 63.7 Å². The SMILES string of the molecule is CN(C)C/C=C/C(=O)Nc1ccc(C(=O)N[C@@H]2C[C@H](F)C[C@H](Nc3ncc(Cl)c(-c4c[nH]c5ccccc45)n3)C2)cc1. The number of nitrogens with one attached hydrogen (secondary N) is 4. The van der Waals surface area contributed by atoms with E-state index in [9.17, 15) is 14.0 Å². The van der Waals surface area contributed by atoms with Crippen molar-refractivity contribution in [2.24, 2.45) is 0 Å². The van der Waals surface area contributed by atoms with E-state index in [0.717, 1.165) is 16.5 Å². The Balaban J connectivity index is 1.20. The summed E-state index contributed by atoms with van der Waals surface area (Å²) < 4.78 is 14.8. The fourth-order valence-corrected chi connectivity index (χ4v) is 5.28. The molecular formula is C31H33ClFN7O2. The molecule has 42 heavy (non-hydrogen) atoms. The Morgan fingerprint density at radius 1 is 1.10 bits per heavy atom. The molecule has 4 N–H and O–H groups in total. The van der Waals surface area contributed by atoms with Gasteiger partial charge in [0.1, 0.15) is 6.17 Å². The highest BCUT2D eigenvalue weighted by Crippen LogP contribution is 2.33. The van der Waals surface area contributed by atoms with E-state index < -0.39 is 6.17 Å². The van der Waals surface area contributed by atoms with Crippen molar-refractivity contribution < 1.29 is 14.0 Å². The summed E-state index contributed by atoms with van der Waals surface area (Å²) in [5.41, 5.74) is 3.39. The van der Waals surface area contributed by atoms with Gasteiger partial charge < -0.3 is 25.8 Å². The number of anilines is 2. The summed E-state index contributed by atoms with van der Waals surface area (Å²) in [4.78, 5) is 39.2. The number of hydrogen-bond acceptors (Lipinski definition) is 6. The fourth-order valence-electron chi connectivity index (χ4n) is 5.09. The van der Waals surface area contributed by atoms with Crippen LogP contribution in [0.4, 0.5) is 16.0 Å². The summed E-state index contributed by atoms with van der Waals surface area (Å²) in [5.74, 6) is -0.207. The highest BCUT2D eigenvalue weighted by Gasteiger charge is 2.30. The molecule has 0 aliphatic heterocycles. The van der Waals surface area contributed by atoms with Crippen molar-refractivity contribution in [3.8, 4) is 11.3 Å². The van der Waals surface area contributed by atoms with Crippen molar-refractivity contribution in [2.75, 3.05) is 31.3 Å². The quantitative estimate of drug-likeness (QED) is 0.193. The van der Waals surface area contributed by atoms with Crippen LogP contribution < -0.4 is 16.0 Å². The number of alkyl halides is 1. The van der Waals surface area contributed by atoms with Gasteiger partial charge in [-0.2, -0.15) is 0 Å². The van der Waals surface area contributed by atoms with Gasteiger partial charge in [-0.1, -0.05) is 35.9 Å². The van der Waals surface area contributed by atoms with Crippen molar-refractivity contribution >= 4 is 46.0 Å². The normalized spacial score (nSPS) is 18.8. The molecule has 0 unspecified atom stereocenters. The molecule has 0 radical (unpaired) electrons. The third kappa shape index (κ3) is 7.32. The standard InChI is InChI=1S/C31H33ClFN7O2/c1-40(2)13-5-8-28(41)36-21-11-9-19(10-12-21)30(42)37-22-14-20(33)15-23(16-22)38-31-35-18-26(32)29(39-31)25-17-34-27-7-4-3-6-24(25)27/h3-12,17-18,20,22-23,34H,13-16H2,1-2H3,(H,36,41)(H,37,42)(H,35,38,39)/b8-5+/t20-,22+,23-/m0/s1. The molecule has 5 rings (SSSR count). The highest BCUT2D eigenvalue weighted by molar-refractivity contribution is 6.33. The number of H-pyrrole nitrogens is 1. The minimum Gasteiger partial charge on any atom is -0.360 e. The zero-order valence-corrected chi connectivity index (χ0v) is 24.2. The van der Waals surface area contributed by atoms with E-state index in [4.69, 9.17) is 11.6 Å². The van der Waals surface area contributed by atoms with Crippen molar-refractivity contribution in [2.45, 2.75) is 37.5 Å². The maximum atomic E-state index is 14.8. The van der Waals surface area contributed by atoms with Crippen LogP contribution in [0.3, 0.4) is 0 Å². The van der Waals surface area contributed by atoms with Crippen LogP contribution in [0, 0.1) is 0 Å². The Morgan fingerprint density at radius 3 is 2.64 bits per heavy atom. The van der Waals surface area contributed by atoms with Crippen LogP contribution in [0.25, 0.3) is 22.2 Å². The van der Waals surface area contributed by atoms with E-state index in [0.29, 0.717) is 40.9 Å². The second kappa shape index (κ2) is 13.1. The molecule has 1 saturated carbocycles. The molecule has 4 aromatic rings. The first-order chi connectivity index (χ1) is 20.2. The highest BCUT2D eigenvalue weighted by atomic mass is 35.5. The zero-order chi connectivity index (χ0) is 29.6. The van der Waals surface area contributed by atoms with Crippen molar-refractivity contribution in [1.82, 2.24) is 25.2 Å². The number of carbonyl (C=O) groups excluding carboxylic acids is 2. The zero-order valence-electron chi connectivity index (χ0n) is 23.4. The van der Waals surface area contributed by atoms with Gasteiger partial charge in [0.25, 0.3) is 5.91 Å². The Kier molecular flexibility index (Phi) is 9.14. The van der Waals surface area contributed by atoms with Gasteiger partial charge in [-0.15, -0.1) is 0 Å². The van der Waals surface area contributed by atoms with Gasteiger partial charge in [0, 0.05) is 58.6 Å². The lowest BCUT2D eigenvalue weighted by molar-refractivity contribution is -0.111. The smallest absolute Gasteiger partial charge is 0.251 e. The summed E-state index contributed by atoms with van der Waals surface area (Å²) in [7, 11) is 3.83. The van der Waals surface area contributed by atoms with E-state index in [1.165, 1.54) is 12.3 Å². The summed E-state index contributed by atoms with van der Waals surface area (Å²) in [6.45, 7) is 0.655. The number of carbonyl (C=O) groups is 2. The minimum absolute atomic E-state index is 0.222. The summed E-state index contributed by atoms with van der Waals surface area (Å²) in [5, 5.41) is 10.4. The molecule has 9 nitrogen and oxygen atoms in total. The number of benzene rings is 2. The first-order valence-electron chi connectivity index (χ1n) is 13.8. The van der Waals surface area contributed by atoms with Crippen molar-refractivity contribution in [3.05, 3.63) is 83.7 Å². The Hall–Kier alpha value is -4.28. The molecular weight excluding hydrogens is 557 g/mol.